The summed E-state index contributed by atoms with van der Waals surface area (Å²) in [7, 11) is 1.62. The molecule has 0 aliphatic rings. The summed E-state index contributed by atoms with van der Waals surface area (Å²) in [5.74, 6) is -0.574. The number of nitrogens with zero attached hydrogens (tertiary/aromatic N) is 2. The third-order valence-corrected chi connectivity index (χ3v) is 1.13. The van der Waals surface area contributed by atoms with Gasteiger partial charge in [-0.3, -0.25) is 4.68 Å². The van der Waals surface area contributed by atoms with Gasteiger partial charge in [-0.2, -0.15) is 4.39 Å². The highest BCUT2D eigenvalue weighted by Gasteiger charge is 2.06. The second-order valence-electron chi connectivity index (χ2n) is 2.03. The van der Waals surface area contributed by atoms with Gasteiger partial charge in [-0.15, -0.1) is 5.10 Å². The minimum Gasteiger partial charge on any atom is -0.399 e. The molecule has 0 aromatic carbocycles. The quantitative estimate of drug-likeness (QED) is 0.618. The van der Waals surface area contributed by atoms with E-state index in [-0.39, 0.29) is 11.3 Å². The van der Waals surface area contributed by atoms with Gasteiger partial charge in [0.15, 0.2) is 0 Å². The number of aryl methyl sites for hydroxylation is 1. The summed E-state index contributed by atoms with van der Waals surface area (Å²) in [5.41, 5.74) is 5.71. The summed E-state index contributed by atoms with van der Waals surface area (Å²) < 4.78 is 13.9. The summed E-state index contributed by atoms with van der Waals surface area (Å²) >= 11 is 0. The number of rotatable bonds is 1. The van der Waals surface area contributed by atoms with E-state index >= 15 is 0 Å². The fourth-order valence-electron chi connectivity index (χ4n) is 0.677. The maximum Gasteiger partial charge on any atom is 0.241 e. The van der Waals surface area contributed by atoms with Crippen molar-refractivity contribution in [2.45, 2.75) is 0 Å². The molecule has 0 radical (unpaired) electrons. The fraction of sp³-hybridized carbons (Fsp3) is 0.167. The van der Waals surface area contributed by atoms with E-state index < -0.39 is 5.95 Å². The Labute approximate surface area is 57.9 Å². The van der Waals surface area contributed by atoms with Crippen LogP contribution >= 0.6 is 0 Å². The zero-order chi connectivity index (χ0) is 7.72. The number of aromatic nitrogens is 2. The number of hydrogen-bond donors (Lipinski definition) is 1. The lowest BCUT2D eigenvalue weighted by Gasteiger charge is -1.89. The van der Waals surface area contributed by atoms with Gasteiger partial charge in [0.05, 0.1) is 5.56 Å². The molecule has 0 atom stereocenters. The van der Waals surface area contributed by atoms with E-state index in [4.69, 9.17) is 5.73 Å². The predicted molar refractivity (Wildman–Crippen MR) is 36.4 cm³/mol. The summed E-state index contributed by atoms with van der Waals surface area (Å²) in [4.78, 5) is 0. The first kappa shape index (κ1) is 6.80. The van der Waals surface area contributed by atoms with Crippen molar-refractivity contribution in [3.8, 4) is 0 Å². The number of nitrogens with two attached hydrogens (primary N) is 1. The van der Waals surface area contributed by atoms with Crippen LogP contribution < -0.4 is 5.73 Å². The lowest BCUT2D eigenvalue weighted by molar-refractivity contribution is 0.551. The normalized spacial score (nSPS) is 9.80. The Hall–Kier alpha value is -1.32. The van der Waals surface area contributed by atoms with E-state index in [1.165, 1.54) is 10.9 Å². The maximum absolute atomic E-state index is 12.6. The first-order valence-corrected chi connectivity index (χ1v) is 2.75. The van der Waals surface area contributed by atoms with Crippen LogP contribution in [0.3, 0.4) is 0 Å². The van der Waals surface area contributed by atoms with Gasteiger partial charge in [0, 0.05) is 18.9 Å². The van der Waals surface area contributed by atoms with E-state index in [9.17, 15) is 4.39 Å². The molecule has 0 saturated carbocycles. The van der Waals surface area contributed by atoms with Crippen LogP contribution in [-0.2, 0) is 7.05 Å². The Morgan fingerprint density at radius 1 is 1.90 bits per heavy atom. The minimum absolute atomic E-state index is 0.200. The van der Waals surface area contributed by atoms with Crippen molar-refractivity contribution in [1.29, 1.82) is 0 Å². The molecule has 0 aliphatic carbocycles. The summed E-state index contributed by atoms with van der Waals surface area (Å²) in [6, 6.07) is 0. The molecule has 10 heavy (non-hydrogen) atoms. The standard InChI is InChI=1S/C6H8FN3/c1-4(8)5-3-10(2)9-6(5)7/h3H,1,8H2,2H3. The van der Waals surface area contributed by atoms with E-state index in [2.05, 4.69) is 11.7 Å². The SMILES string of the molecule is C=C(N)c1cn(C)nc1F. The van der Waals surface area contributed by atoms with Gasteiger partial charge in [-0.25, -0.2) is 0 Å². The first-order chi connectivity index (χ1) is 4.61. The Balaban J connectivity index is 3.15. The first-order valence-electron chi connectivity index (χ1n) is 2.75. The predicted octanol–water partition coefficient (Wildman–Crippen LogP) is 0.489. The fourth-order valence-corrected chi connectivity index (χ4v) is 0.677. The molecule has 2 N–H and O–H groups in total. The minimum atomic E-state index is -0.574. The molecule has 0 unspecified atom stereocenters. The molecule has 1 aromatic heterocycles. The zero-order valence-electron chi connectivity index (χ0n) is 5.63. The van der Waals surface area contributed by atoms with Crippen LogP contribution in [0.25, 0.3) is 5.70 Å². The third-order valence-electron chi connectivity index (χ3n) is 1.13. The van der Waals surface area contributed by atoms with Crippen molar-refractivity contribution in [3.63, 3.8) is 0 Å². The Bertz CT molecular complexity index is 264. The van der Waals surface area contributed by atoms with Crippen molar-refractivity contribution in [2.75, 3.05) is 0 Å². The maximum atomic E-state index is 12.6. The van der Waals surface area contributed by atoms with Gasteiger partial charge in [-0.05, 0) is 0 Å². The molecule has 0 saturated heterocycles. The van der Waals surface area contributed by atoms with Crippen LogP contribution in [0.2, 0.25) is 0 Å². The Morgan fingerprint density at radius 3 is 2.70 bits per heavy atom. The smallest absolute Gasteiger partial charge is 0.241 e. The molecule has 4 heteroatoms. The summed E-state index contributed by atoms with van der Waals surface area (Å²) in [5, 5.41) is 3.44. The monoisotopic (exact) mass is 141 g/mol. The largest absolute Gasteiger partial charge is 0.399 e. The Kier molecular flexibility index (Phi) is 1.45. The number of hydrogen-bond acceptors (Lipinski definition) is 2. The van der Waals surface area contributed by atoms with Crippen molar-refractivity contribution in [2.24, 2.45) is 12.8 Å². The highest BCUT2D eigenvalue weighted by Crippen LogP contribution is 2.08. The molecular weight excluding hydrogens is 133 g/mol. The van der Waals surface area contributed by atoms with E-state index in [1.54, 1.807) is 7.05 Å². The molecule has 0 bridgehead atoms. The van der Waals surface area contributed by atoms with Gasteiger partial charge in [0.1, 0.15) is 0 Å². The van der Waals surface area contributed by atoms with Gasteiger partial charge < -0.3 is 5.73 Å². The van der Waals surface area contributed by atoms with E-state index in [0.717, 1.165) is 0 Å². The summed E-state index contributed by atoms with van der Waals surface area (Å²) in [6.45, 7) is 3.38. The van der Waals surface area contributed by atoms with Gasteiger partial charge in [-0.1, -0.05) is 6.58 Å². The van der Waals surface area contributed by atoms with Crippen LogP contribution in [0.15, 0.2) is 12.8 Å². The lowest BCUT2D eigenvalue weighted by Crippen LogP contribution is -1.94. The molecule has 1 aromatic rings. The van der Waals surface area contributed by atoms with Crippen molar-refractivity contribution < 1.29 is 4.39 Å². The number of halogens is 1. The van der Waals surface area contributed by atoms with Crippen LogP contribution in [0, 0.1) is 5.95 Å². The van der Waals surface area contributed by atoms with Crippen molar-refractivity contribution in [1.82, 2.24) is 9.78 Å². The van der Waals surface area contributed by atoms with Crippen LogP contribution in [0.4, 0.5) is 4.39 Å². The second kappa shape index (κ2) is 2.13. The topological polar surface area (TPSA) is 43.8 Å². The molecule has 1 rings (SSSR count). The van der Waals surface area contributed by atoms with Gasteiger partial charge >= 0.3 is 0 Å². The average Bonchev–Trinajstić information content (AvgIpc) is 2.10. The van der Waals surface area contributed by atoms with Crippen LogP contribution in [-0.4, -0.2) is 9.78 Å². The molecule has 1 heterocycles. The second-order valence-corrected chi connectivity index (χ2v) is 2.03. The molecule has 3 nitrogen and oxygen atoms in total. The van der Waals surface area contributed by atoms with E-state index in [0.29, 0.717) is 0 Å². The molecule has 0 amide bonds. The van der Waals surface area contributed by atoms with Crippen molar-refractivity contribution in [3.05, 3.63) is 24.3 Å². The van der Waals surface area contributed by atoms with E-state index in [1.807, 2.05) is 0 Å². The van der Waals surface area contributed by atoms with Crippen LogP contribution in [0.1, 0.15) is 5.56 Å². The zero-order valence-corrected chi connectivity index (χ0v) is 5.63. The molecule has 0 aliphatic heterocycles. The molecular formula is C6H8FN3. The van der Waals surface area contributed by atoms with Gasteiger partial charge in [0.2, 0.25) is 5.95 Å². The Morgan fingerprint density at radius 2 is 2.50 bits per heavy atom. The van der Waals surface area contributed by atoms with Gasteiger partial charge in [0.25, 0.3) is 0 Å². The molecule has 0 fully saturated rings. The molecule has 54 valence electrons. The van der Waals surface area contributed by atoms with Crippen molar-refractivity contribution >= 4 is 5.70 Å². The molecule has 0 spiro atoms. The highest BCUT2D eigenvalue weighted by molar-refractivity contribution is 5.58. The average molecular weight is 141 g/mol. The van der Waals surface area contributed by atoms with Crippen LogP contribution in [0.5, 0.6) is 0 Å². The summed E-state index contributed by atoms with van der Waals surface area (Å²) in [6.07, 6.45) is 1.48. The third kappa shape index (κ3) is 1.00. The lowest BCUT2D eigenvalue weighted by atomic mass is 10.3. The highest BCUT2D eigenvalue weighted by atomic mass is 19.1.